The van der Waals surface area contributed by atoms with Gasteiger partial charge in [-0.15, -0.1) is 0 Å². The highest BCUT2D eigenvalue weighted by molar-refractivity contribution is 5.20. The minimum Gasteiger partial charge on any atom is -0.323 e. The molecule has 16 heavy (non-hydrogen) atoms. The molecule has 0 aliphatic carbocycles. The Balaban J connectivity index is 0. The van der Waals surface area contributed by atoms with Crippen LogP contribution in [-0.2, 0) is 0 Å². The van der Waals surface area contributed by atoms with Crippen molar-refractivity contribution in [1.82, 2.24) is 5.32 Å². The van der Waals surface area contributed by atoms with E-state index < -0.39 is 11.6 Å². The zero-order chi connectivity index (χ0) is 13.1. The second-order valence-electron chi connectivity index (χ2n) is 3.33. The lowest BCUT2D eigenvalue weighted by atomic mass is 10.0. The van der Waals surface area contributed by atoms with E-state index in [-0.39, 0.29) is 5.92 Å². The molecule has 3 heteroatoms. The fourth-order valence-electron chi connectivity index (χ4n) is 0.871. The highest BCUT2D eigenvalue weighted by Gasteiger charge is 2.04. The summed E-state index contributed by atoms with van der Waals surface area (Å²) >= 11 is 0. The van der Waals surface area contributed by atoms with Crippen LogP contribution in [0.1, 0.15) is 39.2 Å². The Bertz CT molecular complexity index is 273. The first-order chi connectivity index (χ1) is 7.52. The van der Waals surface area contributed by atoms with Gasteiger partial charge in [0.15, 0.2) is 11.6 Å². The molecule has 0 saturated carbocycles. The van der Waals surface area contributed by atoms with Gasteiger partial charge < -0.3 is 5.32 Å². The normalized spacial score (nSPS) is 8.81. The maximum atomic E-state index is 12.6. The third-order valence-corrected chi connectivity index (χ3v) is 1.61. The van der Waals surface area contributed by atoms with Crippen molar-refractivity contribution < 1.29 is 8.78 Å². The fraction of sp³-hybridized carbons (Fsp3) is 0.538. The molecule has 0 saturated heterocycles. The van der Waals surface area contributed by atoms with Crippen molar-refractivity contribution in [2.24, 2.45) is 0 Å². The van der Waals surface area contributed by atoms with Gasteiger partial charge in [-0.25, -0.2) is 8.78 Å². The Morgan fingerprint density at radius 3 is 1.75 bits per heavy atom. The standard InChI is InChI=1S/C9H10F2.C2H7N.C2H6/c1-6(2)7-3-4-8(10)9(11)5-7;1-3-2;1-2/h3-6H,1-2H3;3H,1-2H3;1-2H3. The highest BCUT2D eigenvalue weighted by Crippen LogP contribution is 2.16. The van der Waals surface area contributed by atoms with E-state index in [9.17, 15) is 8.78 Å². The second kappa shape index (κ2) is 10.6. The van der Waals surface area contributed by atoms with E-state index in [0.717, 1.165) is 11.6 Å². The maximum Gasteiger partial charge on any atom is 0.159 e. The quantitative estimate of drug-likeness (QED) is 0.771. The smallest absolute Gasteiger partial charge is 0.159 e. The van der Waals surface area contributed by atoms with E-state index in [0.29, 0.717) is 0 Å². The Labute approximate surface area is 97.9 Å². The molecule has 0 aliphatic rings. The summed E-state index contributed by atoms with van der Waals surface area (Å²) in [4.78, 5) is 0. The van der Waals surface area contributed by atoms with Gasteiger partial charge >= 0.3 is 0 Å². The van der Waals surface area contributed by atoms with E-state index in [2.05, 4.69) is 5.32 Å². The number of nitrogens with one attached hydrogen (secondary N) is 1. The van der Waals surface area contributed by atoms with Crippen LogP contribution in [0.25, 0.3) is 0 Å². The second-order valence-corrected chi connectivity index (χ2v) is 3.33. The number of rotatable bonds is 1. The van der Waals surface area contributed by atoms with Crippen molar-refractivity contribution in [3.8, 4) is 0 Å². The van der Waals surface area contributed by atoms with E-state index in [1.165, 1.54) is 6.07 Å². The highest BCUT2D eigenvalue weighted by atomic mass is 19.2. The molecule has 0 fully saturated rings. The van der Waals surface area contributed by atoms with Crippen molar-refractivity contribution in [2.45, 2.75) is 33.6 Å². The number of benzene rings is 1. The molecule has 0 aliphatic heterocycles. The molecule has 1 rings (SSSR count). The predicted molar refractivity (Wildman–Crippen MR) is 66.8 cm³/mol. The van der Waals surface area contributed by atoms with Gasteiger partial charge in [0.1, 0.15) is 0 Å². The van der Waals surface area contributed by atoms with Crippen molar-refractivity contribution in [1.29, 1.82) is 0 Å². The number of hydrogen-bond donors (Lipinski definition) is 1. The van der Waals surface area contributed by atoms with E-state index in [4.69, 9.17) is 0 Å². The van der Waals surface area contributed by atoms with Crippen LogP contribution >= 0.6 is 0 Å². The van der Waals surface area contributed by atoms with Gasteiger partial charge in [-0.1, -0.05) is 33.8 Å². The molecule has 0 aromatic heterocycles. The first kappa shape index (κ1) is 17.4. The summed E-state index contributed by atoms with van der Waals surface area (Å²) in [5.74, 6) is -1.31. The van der Waals surface area contributed by atoms with Crippen LogP contribution in [0.15, 0.2) is 18.2 Å². The average molecular weight is 231 g/mol. The van der Waals surface area contributed by atoms with Crippen molar-refractivity contribution in [3.63, 3.8) is 0 Å². The maximum absolute atomic E-state index is 12.6. The largest absolute Gasteiger partial charge is 0.323 e. The lowest BCUT2D eigenvalue weighted by molar-refractivity contribution is 0.506. The Morgan fingerprint density at radius 2 is 1.44 bits per heavy atom. The number of hydrogen-bond acceptors (Lipinski definition) is 1. The predicted octanol–water partition coefficient (Wildman–Crippen LogP) is 3.95. The Kier molecular flexibility index (Phi) is 11.5. The van der Waals surface area contributed by atoms with Gasteiger partial charge in [0, 0.05) is 0 Å². The molecule has 0 unspecified atom stereocenters. The summed E-state index contributed by atoms with van der Waals surface area (Å²) in [7, 11) is 3.75. The van der Waals surface area contributed by atoms with Crippen molar-refractivity contribution in [2.75, 3.05) is 14.1 Å². The third-order valence-electron chi connectivity index (χ3n) is 1.61. The molecule has 0 radical (unpaired) electrons. The molecule has 0 heterocycles. The molecule has 0 bridgehead atoms. The van der Waals surface area contributed by atoms with Crippen LogP contribution < -0.4 is 5.32 Å². The molecule has 1 aromatic carbocycles. The van der Waals surface area contributed by atoms with Gasteiger partial charge in [-0.2, -0.15) is 0 Å². The summed E-state index contributed by atoms with van der Waals surface area (Å²) in [6, 6.07) is 3.99. The topological polar surface area (TPSA) is 12.0 Å². The summed E-state index contributed by atoms with van der Waals surface area (Å²) in [5.41, 5.74) is 0.823. The zero-order valence-corrected chi connectivity index (χ0v) is 11.1. The Morgan fingerprint density at radius 1 is 1.00 bits per heavy atom. The van der Waals surface area contributed by atoms with Crippen molar-refractivity contribution >= 4 is 0 Å². The summed E-state index contributed by atoms with van der Waals surface area (Å²) < 4.78 is 25.0. The first-order valence-corrected chi connectivity index (χ1v) is 5.56. The summed E-state index contributed by atoms with van der Waals surface area (Å²) in [6.45, 7) is 7.87. The molecule has 94 valence electrons. The monoisotopic (exact) mass is 231 g/mol. The first-order valence-electron chi connectivity index (χ1n) is 5.56. The molecule has 0 amide bonds. The van der Waals surface area contributed by atoms with E-state index in [1.807, 2.05) is 41.8 Å². The molecular formula is C13H23F2N. The average Bonchev–Trinajstić information content (AvgIpc) is 2.26. The van der Waals surface area contributed by atoms with E-state index >= 15 is 0 Å². The third kappa shape index (κ3) is 7.35. The molecule has 1 aromatic rings. The van der Waals surface area contributed by atoms with Gasteiger partial charge in [0.05, 0.1) is 0 Å². The van der Waals surface area contributed by atoms with Gasteiger partial charge in [0.25, 0.3) is 0 Å². The Hall–Kier alpha value is -0.960. The SMILES string of the molecule is CC.CC(C)c1ccc(F)c(F)c1.CNC. The molecule has 0 atom stereocenters. The van der Waals surface area contributed by atoms with Crippen LogP contribution in [0.4, 0.5) is 8.78 Å². The van der Waals surface area contributed by atoms with Crippen LogP contribution in [0, 0.1) is 11.6 Å². The minimum absolute atomic E-state index is 0.241. The zero-order valence-electron chi connectivity index (χ0n) is 11.1. The van der Waals surface area contributed by atoms with Crippen molar-refractivity contribution in [3.05, 3.63) is 35.4 Å². The summed E-state index contributed by atoms with van der Waals surface area (Å²) in [5, 5.41) is 2.75. The van der Waals surface area contributed by atoms with Crippen LogP contribution in [0.3, 0.4) is 0 Å². The van der Waals surface area contributed by atoms with Gasteiger partial charge in [0.2, 0.25) is 0 Å². The summed E-state index contributed by atoms with van der Waals surface area (Å²) in [6.07, 6.45) is 0. The van der Waals surface area contributed by atoms with Crippen LogP contribution in [-0.4, -0.2) is 14.1 Å². The lowest BCUT2D eigenvalue weighted by Crippen LogP contribution is -1.90. The van der Waals surface area contributed by atoms with Crippen LogP contribution in [0.5, 0.6) is 0 Å². The van der Waals surface area contributed by atoms with Crippen LogP contribution in [0.2, 0.25) is 0 Å². The molecular weight excluding hydrogens is 208 g/mol. The minimum atomic E-state index is -0.783. The molecule has 1 N–H and O–H groups in total. The van der Waals surface area contributed by atoms with Gasteiger partial charge in [-0.3, -0.25) is 0 Å². The fourth-order valence-corrected chi connectivity index (χ4v) is 0.871. The molecule has 0 spiro atoms. The number of halogens is 2. The van der Waals surface area contributed by atoms with E-state index in [1.54, 1.807) is 6.07 Å². The van der Waals surface area contributed by atoms with Gasteiger partial charge in [-0.05, 0) is 37.7 Å². The lowest BCUT2D eigenvalue weighted by Gasteiger charge is -2.04. The molecule has 1 nitrogen and oxygen atoms in total.